The average Bonchev–Trinajstić information content (AvgIpc) is 3.88. The SMILES string of the molecule is CCC(OC(=O)c1ccccc1)C(C)C1OC1CC(C)/C=C/C=C(\C)C1OC(=O)CC(O)CCC(C)(O)C(OC(=O)N2CCN(C)CC2)/C=C\C1C. The van der Waals surface area contributed by atoms with E-state index in [4.69, 9.17) is 18.9 Å². The number of hydrogen-bond acceptors (Lipinski definition) is 10. The molecule has 288 valence electrons. The number of epoxide rings is 1. The summed E-state index contributed by atoms with van der Waals surface area (Å²) in [5, 5.41) is 22.1. The van der Waals surface area contributed by atoms with E-state index in [-0.39, 0.29) is 61.3 Å². The number of aliphatic hydroxyl groups excluding tert-OH is 1. The molecule has 11 heteroatoms. The van der Waals surface area contributed by atoms with Crippen molar-refractivity contribution in [3.63, 3.8) is 0 Å². The molecular weight excluding hydrogens is 664 g/mol. The number of likely N-dealkylation sites (N-methyl/N-ethyl adjacent to an activating group) is 1. The second-order valence-electron chi connectivity index (χ2n) is 15.2. The summed E-state index contributed by atoms with van der Waals surface area (Å²) in [6, 6.07) is 9.02. The van der Waals surface area contributed by atoms with Crippen molar-refractivity contribution in [2.24, 2.45) is 17.8 Å². The van der Waals surface area contributed by atoms with Gasteiger partial charge in [0.25, 0.3) is 0 Å². The van der Waals surface area contributed by atoms with E-state index >= 15 is 0 Å². The third-order valence-corrected chi connectivity index (χ3v) is 10.6. The number of ether oxygens (including phenoxy) is 4. The van der Waals surface area contributed by atoms with Crippen molar-refractivity contribution < 1.29 is 43.5 Å². The number of nitrogens with zero attached hydrogens (tertiary/aromatic N) is 2. The molecule has 0 saturated carbocycles. The molecule has 0 aliphatic carbocycles. The molecule has 52 heavy (non-hydrogen) atoms. The number of cyclic esters (lactones) is 1. The molecule has 1 aromatic rings. The summed E-state index contributed by atoms with van der Waals surface area (Å²) in [5.74, 6) is -0.912. The fourth-order valence-corrected chi connectivity index (χ4v) is 6.92. The molecule has 1 amide bonds. The summed E-state index contributed by atoms with van der Waals surface area (Å²) >= 11 is 0. The van der Waals surface area contributed by atoms with Crippen molar-refractivity contribution in [2.45, 2.75) is 116 Å². The van der Waals surface area contributed by atoms with Gasteiger partial charge in [0, 0.05) is 38.0 Å². The molecule has 2 N–H and O–H groups in total. The lowest BCUT2D eigenvalue weighted by molar-refractivity contribution is -0.151. The molecule has 3 heterocycles. The zero-order valence-corrected chi connectivity index (χ0v) is 32.0. The van der Waals surface area contributed by atoms with Gasteiger partial charge in [0.1, 0.15) is 17.8 Å². The van der Waals surface area contributed by atoms with Crippen LogP contribution in [-0.4, -0.2) is 113 Å². The minimum atomic E-state index is -1.46. The van der Waals surface area contributed by atoms with E-state index in [1.165, 1.54) is 0 Å². The quantitative estimate of drug-likeness (QED) is 0.0961. The summed E-state index contributed by atoms with van der Waals surface area (Å²) in [6.07, 6.45) is 7.77. The molecule has 3 aliphatic rings. The van der Waals surface area contributed by atoms with Gasteiger partial charge in [-0.15, -0.1) is 0 Å². The van der Waals surface area contributed by atoms with Crippen LogP contribution in [0.3, 0.4) is 0 Å². The smallest absolute Gasteiger partial charge is 0.410 e. The molecule has 1 aromatic carbocycles. The number of amides is 1. The maximum atomic E-state index is 13.1. The highest BCUT2D eigenvalue weighted by molar-refractivity contribution is 5.89. The molecule has 0 radical (unpaired) electrons. The van der Waals surface area contributed by atoms with Crippen molar-refractivity contribution >= 4 is 18.0 Å². The number of carbonyl (C=O) groups excluding carboxylic acids is 3. The van der Waals surface area contributed by atoms with E-state index < -0.39 is 36.0 Å². The third-order valence-electron chi connectivity index (χ3n) is 10.6. The summed E-state index contributed by atoms with van der Waals surface area (Å²) in [7, 11) is 2.00. The first-order valence-electron chi connectivity index (χ1n) is 18.9. The Balaban J connectivity index is 1.37. The number of esters is 2. The van der Waals surface area contributed by atoms with Crippen molar-refractivity contribution in [3.8, 4) is 0 Å². The summed E-state index contributed by atoms with van der Waals surface area (Å²) in [5.41, 5.74) is -0.121. The van der Waals surface area contributed by atoms with Crippen LogP contribution in [0.2, 0.25) is 0 Å². The molecule has 0 aromatic heterocycles. The van der Waals surface area contributed by atoms with Gasteiger partial charge in [-0.1, -0.05) is 70.2 Å². The number of aliphatic hydroxyl groups is 2. The molecule has 4 rings (SSSR count). The molecule has 0 bridgehead atoms. The second kappa shape index (κ2) is 19.0. The first-order valence-corrected chi connectivity index (χ1v) is 18.9. The van der Waals surface area contributed by atoms with Crippen LogP contribution in [0.4, 0.5) is 4.79 Å². The van der Waals surface area contributed by atoms with Crippen LogP contribution in [-0.2, 0) is 23.7 Å². The normalized spacial score (nSPS) is 31.8. The Hall–Kier alpha value is -3.51. The minimum Gasteiger partial charge on any atom is -0.458 e. The Morgan fingerprint density at radius 1 is 1.12 bits per heavy atom. The Morgan fingerprint density at radius 3 is 2.48 bits per heavy atom. The van der Waals surface area contributed by atoms with Gasteiger partial charge in [-0.2, -0.15) is 0 Å². The lowest BCUT2D eigenvalue weighted by Gasteiger charge is -2.36. The maximum absolute atomic E-state index is 13.1. The molecular formula is C41H60N2O9. The lowest BCUT2D eigenvalue weighted by Crippen LogP contribution is -2.50. The zero-order valence-electron chi connectivity index (χ0n) is 32.0. The zero-order chi connectivity index (χ0) is 38.0. The lowest BCUT2D eigenvalue weighted by atomic mass is 9.88. The fourth-order valence-electron chi connectivity index (χ4n) is 6.92. The van der Waals surface area contributed by atoms with Crippen molar-refractivity contribution in [1.29, 1.82) is 0 Å². The van der Waals surface area contributed by atoms with Gasteiger partial charge in [-0.25, -0.2) is 9.59 Å². The minimum absolute atomic E-state index is 0.0192. The summed E-state index contributed by atoms with van der Waals surface area (Å²) < 4.78 is 23.7. The Bertz CT molecular complexity index is 1420. The van der Waals surface area contributed by atoms with E-state index in [0.717, 1.165) is 25.1 Å². The van der Waals surface area contributed by atoms with Crippen molar-refractivity contribution in [3.05, 3.63) is 71.8 Å². The van der Waals surface area contributed by atoms with Gasteiger partial charge >= 0.3 is 18.0 Å². The Morgan fingerprint density at radius 2 is 1.81 bits per heavy atom. The number of allylic oxidation sites excluding steroid dienone is 3. The molecule has 2 saturated heterocycles. The van der Waals surface area contributed by atoms with Crippen LogP contribution in [0.15, 0.2) is 66.3 Å². The maximum Gasteiger partial charge on any atom is 0.410 e. The van der Waals surface area contributed by atoms with E-state index in [2.05, 4.69) is 24.8 Å². The van der Waals surface area contributed by atoms with E-state index in [1.807, 2.05) is 64.2 Å². The first kappa shape index (κ1) is 41.2. The largest absolute Gasteiger partial charge is 0.458 e. The van der Waals surface area contributed by atoms with Crippen molar-refractivity contribution in [1.82, 2.24) is 9.80 Å². The molecule has 3 aliphatic heterocycles. The van der Waals surface area contributed by atoms with E-state index in [0.29, 0.717) is 25.1 Å². The molecule has 2 fully saturated rings. The van der Waals surface area contributed by atoms with Crippen LogP contribution >= 0.6 is 0 Å². The second-order valence-corrected chi connectivity index (χ2v) is 15.2. The highest BCUT2D eigenvalue weighted by Gasteiger charge is 2.46. The molecule has 10 unspecified atom stereocenters. The number of hydrogen-bond donors (Lipinski definition) is 2. The Labute approximate surface area is 309 Å². The number of carbonyl (C=O) groups is 3. The average molecular weight is 725 g/mol. The number of benzene rings is 1. The van der Waals surface area contributed by atoms with Crippen LogP contribution in [0.1, 0.15) is 84.0 Å². The van der Waals surface area contributed by atoms with Crippen molar-refractivity contribution in [2.75, 3.05) is 33.2 Å². The van der Waals surface area contributed by atoms with Crippen LogP contribution in [0.5, 0.6) is 0 Å². The highest BCUT2D eigenvalue weighted by Crippen LogP contribution is 2.37. The van der Waals surface area contributed by atoms with Gasteiger partial charge in [0.05, 0.1) is 30.3 Å². The standard InChI is InChI=1S/C41H60N2O9/c1-8-33(50-39(46)31-15-10-9-11-16-31)30(5)38-34(49-38)25-27(2)13-12-14-28(3)37-29(4)17-18-35(51-40(47)43-23-21-42(7)22-24-43)41(6,48)20-19-32(44)26-36(45)52-37/h9-18,27,29-30,32-35,37-38,44,48H,8,19-26H2,1-7H3/b13-12+,18-17-,28-14+. The predicted molar refractivity (Wildman–Crippen MR) is 198 cm³/mol. The highest BCUT2D eigenvalue weighted by atomic mass is 16.6. The van der Waals surface area contributed by atoms with Gasteiger partial charge in [-0.05, 0) is 76.3 Å². The third kappa shape index (κ3) is 12.0. The predicted octanol–water partition coefficient (Wildman–Crippen LogP) is 5.71. The van der Waals surface area contributed by atoms with E-state index in [9.17, 15) is 24.6 Å². The number of piperazine rings is 1. The van der Waals surface area contributed by atoms with Gasteiger partial charge in [-0.3, -0.25) is 4.79 Å². The molecule has 11 nitrogen and oxygen atoms in total. The Kier molecular flexibility index (Phi) is 15.1. The first-order chi connectivity index (χ1) is 24.7. The molecule has 10 atom stereocenters. The topological polar surface area (TPSA) is 138 Å². The summed E-state index contributed by atoms with van der Waals surface area (Å²) in [6.45, 7) is 14.1. The van der Waals surface area contributed by atoms with Crippen LogP contribution in [0, 0.1) is 17.8 Å². The van der Waals surface area contributed by atoms with Gasteiger partial charge < -0.3 is 39.0 Å². The van der Waals surface area contributed by atoms with Gasteiger partial charge in [0.2, 0.25) is 0 Å². The summed E-state index contributed by atoms with van der Waals surface area (Å²) in [4.78, 5) is 42.4. The van der Waals surface area contributed by atoms with Crippen LogP contribution < -0.4 is 0 Å². The van der Waals surface area contributed by atoms with E-state index in [1.54, 1.807) is 30.0 Å². The van der Waals surface area contributed by atoms with Gasteiger partial charge in [0.15, 0.2) is 6.10 Å². The monoisotopic (exact) mass is 724 g/mol. The van der Waals surface area contributed by atoms with Crippen LogP contribution in [0.25, 0.3) is 0 Å². The number of rotatable bonds is 11. The fraction of sp³-hybridized carbons (Fsp3) is 0.634. The molecule has 0 spiro atoms.